The number of carbonyl (C=O) groups excluding carboxylic acids is 2. The van der Waals surface area contributed by atoms with Crippen LogP contribution in [-0.2, 0) is 16.2 Å². The highest BCUT2D eigenvalue weighted by Crippen LogP contribution is 2.21. The number of nitrogens with zero attached hydrogens (tertiary/aromatic N) is 1. The van der Waals surface area contributed by atoms with Crippen LogP contribution in [-0.4, -0.2) is 35.5 Å². The highest BCUT2D eigenvalue weighted by molar-refractivity contribution is 5.87. The van der Waals surface area contributed by atoms with Gasteiger partial charge in [0, 0.05) is 12.6 Å². The summed E-state index contributed by atoms with van der Waals surface area (Å²) in [6, 6.07) is 9.34. The van der Waals surface area contributed by atoms with Gasteiger partial charge in [-0.05, 0) is 31.2 Å². The van der Waals surface area contributed by atoms with Crippen molar-refractivity contribution in [3.05, 3.63) is 35.9 Å². The van der Waals surface area contributed by atoms with E-state index in [0.29, 0.717) is 19.6 Å². The van der Waals surface area contributed by atoms with Crippen LogP contribution in [0.15, 0.2) is 30.3 Å². The first-order valence-electron chi connectivity index (χ1n) is 9.27. The monoisotopic (exact) mass is 345 g/mol. The number of carbonyl (C=O) groups is 2. The number of hydrogen-bond donors (Lipinski definition) is 2. The molecule has 0 spiro atoms. The maximum Gasteiger partial charge on any atom is 0.318 e. The molecule has 2 fully saturated rings. The second kappa shape index (κ2) is 8.85. The maximum absolute atomic E-state index is 12.5. The van der Waals surface area contributed by atoms with Crippen molar-refractivity contribution in [1.29, 1.82) is 0 Å². The molecular formula is C19H27N3O3. The molecule has 1 saturated carbocycles. The molecule has 0 radical (unpaired) electrons. The topological polar surface area (TPSA) is 70.7 Å². The minimum atomic E-state index is -0.445. The van der Waals surface area contributed by atoms with Crippen LogP contribution < -0.4 is 10.8 Å². The van der Waals surface area contributed by atoms with E-state index in [2.05, 4.69) is 10.8 Å². The lowest BCUT2D eigenvalue weighted by Gasteiger charge is -2.28. The van der Waals surface area contributed by atoms with Crippen molar-refractivity contribution in [2.75, 3.05) is 6.54 Å². The van der Waals surface area contributed by atoms with Crippen molar-refractivity contribution in [2.45, 2.75) is 63.6 Å². The molecule has 6 heteroatoms. The van der Waals surface area contributed by atoms with Crippen LogP contribution >= 0.6 is 0 Å². The van der Waals surface area contributed by atoms with Crippen molar-refractivity contribution >= 4 is 11.9 Å². The average molecular weight is 345 g/mol. The van der Waals surface area contributed by atoms with E-state index in [1.807, 2.05) is 30.3 Å². The highest BCUT2D eigenvalue weighted by atomic mass is 16.6. The second-order valence-corrected chi connectivity index (χ2v) is 6.88. The van der Waals surface area contributed by atoms with Crippen LogP contribution in [0.2, 0.25) is 0 Å². The number of urea groups is 1. The predicted octanol–water partition coefficient (Wildman–Crippen LogP) is 2.74. The summed E-state index contributed by atoms with van der Waals surface area (Å²) in [5.41, 5.74) is 3.49. The molecule has 2 N–H and O–H groups in total. The van der Waals surface area contributed by atoms with Gasteiger partial charge in [0.2, 0.25) is 0 Å². The van der Waals surface area contributed by atoms with E-state index >= 15 is 0 Å². The Bertz CT molecular complexity index is 573. The number of hydroxylamine groups is 1. The van der Waals surface area contributed by atoms with Crippen molar-refractivity contribution in [3.8, 4) is 0 Å². The molecule has 0 aromatic heterocycles. The van der Waals surface area contributed by atoms with Gasteiger partial charge in [-0.3, -0.25) is 9.63 Å². The van der Waals surface area contributed by atoms with Gasteiger partial charge in [0.05, 0.1) is 6.61 Å². The van der Waals surface area contributed by atoms with Gasteiger partial charge in [0.15, 0.2) is 0 Å². The fraction of sp³-hybridized carbons (Fsp3) is 0.579. The molecule has 0 bridgehead atoms. The third-order valence-electron chi connectivity index (χ3n) is 5.00. The van der Waals surface area contributed by atoms with Crippen molar-refractivity contribution < 1.29 is 14.4 Å². The summed E-state index contributed by atoms with van der Waals surface area (Å²) in [4.78, 5) is 31.9. The Morgan fingerprint density at radius 1 is 1.04 bits per heavy atom. The Labute approximate surface area is 148 Å². The van der Waals surface area contributed by atoms with E-state index in [-0.39, 0.29) is 18.0 Å². The minimum Gasteiger partial charge on any atom is -0.335 e. The van der Waals surface area contributed by atoms with Gasteiger partial charge in [-0.2, -0.15) is 0 Å². The summed E-state index contributed by atoms with van der Waals surface area (Å²) >= 11 is 0. The third-order valence-corrected chi connectivity index (χ3v) is 5.00. The Morgan fingerprint density at radius 3 is 2.56 bits per heavy atom. The van der Waals surface area contributed by atoms with Gasteiger partial charge in [-0.15, -0.1) is 0 Å². The number of rotatable bonds is 5. The van der Waals surface area contributed by atoms with Crippen LogP contribution in [0, 0.1) is 0 Å². The molecular weight excluding hydrogens is 318 g/mol. The van der Waals surface area contributed by atoms with Crippen LogP contribution in [0.25, 0.3) is 0 Å². The van der Waals surface area contributed by atoms with E-state index in [1.165, 1.54) is 19.3 Å². The van der Waals surface area contributed by atoms with E-state index in [9.17, 15) is 9.59 Å². The molecule has 1 heterocycles. The summed E-state index contributed by atoms with van der Waals surface area (Å²) < 4.78 is 0. The molecule has 2 aliphatic rings. The van der Waals surface area contributed by atoms with Crippen LogP contribution in [0.3, 0.4) is 0 Å². The smallest absolute Gasteiger partial charge is 0.318 e. The largest absolute Gasteiger partial charge is 0.335 e. The van der Waals surface area contributed by atoms with Gasteiger partial charge in [0.25, 0.3) is 5.91 Å². The number of nitrogens with one attached hydrogen (secondary N) is 2. The van der Waals surface area contributed by atoms with Crippen molar-refractivity contribution in [3.63, 3.8) is 0 Å². The molecule has 1 aliphatic heterocycles. The van der Waals surface area contributed by atoms with Crippen LogP contribution in [0.4, 0.5) is 4.79 Å². The molecule has 136 valence electrons. The SMILES string of the molecule is O=C(NOCc1ccccc1)[C@@H]1CCCN1C(=O)NC1CCCCC1. The molecule has 1 saturated heterocycles. The fourth-order valence-corrected chi connectivity index (χ4v) is 3.62. The number of hydrogen-bond acceptors (Lipinski definition) is 3. The summed E-state index contributed by atoms with van der Waals surface area (Å²) in [6.45, 7) is 0.933. The zero-order valence-electron chi connectivity index (χ0n) is 14.6. The van der Waals surface area contributed by atoms with E-state index < -0.39 is 6.04 Å². The normalized spacial score (nSPS) is 21.1. The van der Waals surface area contributed by atoms with E-state index in [0.717, 1.165) is 24.8 Å². The third kappa shape index (κ3) is 4.95. The van der Waals surface area contributed by atoms with Crippen molar-refractivity contribution in [2.24, 2.45) is 0 Å². The quantitative estimate of drug-likeness (QED) is 0.806. The lowest BCUT2D eigenvalue weighted by molar-refractivity contribution is -0.138. The molecule has 0 unspecified atom stereocenters. The van der Waals surface area contributed by atoms with Gasteiger partial charge in [0.1, 0.15) is 6.04 Å². The Kier molecular flexibility index (Phi) is 6.28. The molecule has 3 rings (SSSR count). The summed E-state index contributed by atoms with van der Waals surface area (Å²) in [5.74, 6) is -0.243. The fourth-order valence-electron chi connectivity index (χ4n) is 3.62. The number of likely N-dealkylation sites (tertiary alicyclic amines) is 1. The first-order valence-corrected chi connectivity index (χ1v) is 9.27. The zero-order valence-corrected chi connectivity index (χ0v) is 14.6. The van der Waals surface area contributed by atoms with Gasteiger partial charge in [-0.1, -0.05) is 49.6 Å². The molecule has 1 aromatic rings. The minimum absolute atomic E-state index is 0.118. The van der Waals surface area contributed by atoms with E-state index in [4.69, 9.17) is 4.84 Å². The van der Waals surface area contributed by atoms with Gasteiger partial charge >= 0.3 is 6.03 Å². The maximum atomic E-state index is 12.5. The molecule has 6 nitrogen and oxygen atoms in total. The molecule has 25 heavy (non-hydrogen) atoms. The average Bonchev–Trinajstić information content (AvgIpc) is 3.13. The Hall–Kier alpha value is -2.08. The highest BCUT2D eigenvalue weighted by Gasteiger charge is 2.35. The number of benzene rings is 1. The van der Waals surface area contributed by atoms with Gasteiger partial charge in [-0.25, -0.2) is 10.3 Å². The lowest BCUT2D eigenvalue weighted by Crippen LogP contribution is -2.51. The van der Waals surface area contributed by atoms with Crippen LogP contribution in [0.5, 0.6) is 0 Å². The predicted molar refractivity (Wildman–Crippen MR) is 94.5 cm³/mol. The first-order chi connectivity index (χ1) is 12.2. The standard InChI is InChI=1S/C19H27N3O3/c23-18(21-25-14-15-8-3-1-4-9-15)17-12-7-13-22(17)19(24)20-16-10-5-2-6-11-16/h1,3-4,8-9,16-17H,2,5-7,10-14H2,(H,20,24)(H,21,23)/t17-/m0/s1. The summed E-state index contributed by atoms with van der Waals surface area (Å²) in [5, 5.41) is 3.09. The Balaban J connectivity index is 1.46. The zero-order chi connectivity index (χ0) is 17.5. The van der Waals surface area contributed by atoms with Crippen molar-refractivity contribution in [1.82, 2.24) is 15.7 Å². The summed E-state index contributed by atoms with van der Waals surface area (Å²) in [7, 11) is 0. The molecule has 3 amide bonds. The molecule has 1 atom stereocenters. The first kappa shape index (κ1) is 17.7. The summed E-state index contributed by atoms with van der Waals surface area (Å²) in [6.07, 6.45) is 7.19. The molecule has 1 aromatic carbocycles. The number of amides is 3. The Morgan fingerprint density at radius 2 is 1.80 bits per heavy atom. The van der Waals surface area contributed by atoms with Crippen LogP contribution in [0.1, 0.15) is 50.5 Å². The van der Waals surface area contributed by atoms with Gasteiger partial charge < -0.3 is 10.2 Å². The second-order valence-electron chi connectivity index (χ2n) is 6.88. The molecule has 1 aliphatic carbocycles. The lowest BCUT2D eigenvalue weighted by atomic mass is 9.96. The van der Waals surface area contributed by atoms with E-state index in [1.54, 1.807) is 4.90 Å².